The Kier molecular flexibility index (Phi) is 6.45. The standard InChI is InChI=1S/C27H25NO5/c1-32-21-14-13-18(17-22(21)33-2)15-16-28-24(19-9-5-3-6-10-19)23(26(30)27(28)31)25(29)20-11-7-4-8-12-20/h3-14,17,24,29H,15-16H2,1-2H3/b25-23+. The van der Waals surface area contributed by atoms with Gasteiger partial charge in [-0.25, -0.2) is 0 Å². The molecule has 4 rings (SSSR count). The molecule has 1 N–H and O–H groups in total. The third kappa shape index (κ3) is 4.32. The fourth-order valence-corrected chi connectivity index (χ4v) is 4.13. The number of carbonyl (C=O) groups is 2. The first kappa shape index (κ1) is 22.1. The zero-order valence-corrected chi connectivity index (χ0v) is 18.5. The molecular weight excluding hydrogens is 418 g/mol. The summed E-state index contributed by atoms with van der Waals surface area (Å²) in [5, 5.41) is 11.0. The summed E-state index contributed by atoms with van der Waals surface area (Å²) in [6.07, 6.45) is 0.502. The number of hydrogen-bond donors (Lipinski definition) is 1. The molecule has 1 aliphatic heterocycles. The maximum absolute atomic E-state index is 13.1. The summed E-state index contributed by atoms with van der Waals surface area (Å²) in [6.45, 7) is 0.297. The van der Waals surface area contributed by atoms with Gasteiger partial charge in [-0.2, -0.15) is 0 Å². The number of aliphatic hydroxyl groups excluding tert-OH is 1. The Morgan fingerprint density at radius 3 is 2.15 bits per heavy atom. The molecule has 1 unspecified atom stereocenters. The number of Topliss-reactive ketones (excluding diaryl/α,β-unsaturated/α-hetero) is 1. The molecule has 1 fully saturated rings. The van der Waals surface area contributed by atoms with Gasteiger partial charge in [0, 0.05) is 12.1 Å². The van der Waals surface area contributed by atoms with E-state index in [9.17, 15) is 14.7 Å². The molecule has 3 aromatic rings. The van der Waals surface area contributed by atoms with E-state index in [4.69, 9.17) is 9.47 Å². The van der Waals surface area contributed by atoms with Crippen molar-refractivity contribution in [2.75, 3.05) is 20.8 Å². The molecule has 0 bridgehead atoms. The highest BCUT2D eigenvalue weighted by Crippen LogP contribution is 2.39. The number of hydrogen-bond acceptors (Lipinski definition) is 5. The molecule has 33 heavy (non-hydrogen) atoms. The van der Waals surface area contributed by atoms with E-state index in [-0.39, 0.29) is 11.3 Å². The van der Waals surface area contributed by atoms with Crippen molar-refractivity contribution in [3.05, 3.63) is 101 Å². The van der Waals surface area contributed by atoms with Crippen molar-refractivity contribution in [3.63, 3.8) is 0 Å². The fourth-order valence-electron chi connectivity index (χ4n) is 4.13. The topological polar surface area (TPSA) is 76.1 Å². The summed E-state index contributed by atoms with van der Waals surface area (Å²) >= 11 is 0. The summed E-state index contributed by atoms with van der Waals surface area (Å²) in [7, 11) is 3.14. The number of rotatable bonds is 7. The second-order valence-corrected chi connectivity index (χ2v) is 7.71. The average Bonchev–Trinajstić information content (AvgIpc) is 3.12. The number of ether oxygens (including phenoxy) is 2. The van der Waals surface area contributed by atoms with Gasteiger partial charge in [-0.05, 0) is 29.7 Å². The summed E-state index contributed by atoms with van der Waals surface area (Å²) < 4.78 is 10.7. The van der Waals surface area contributed by atoms with Crippen LogP contribution in [0.3, 0.4) is 0 Å². The Morgan fingerprint density at radius 1 is 0.879 bits per heavy atom. The molecule has 1 atom stereocenters. The third-order valence-corrected chi connectivity index (χ3v) is 5.79. The van der Waals surface area contributed by atoms with Crippen LogP contribution in [0.25, 0.3) is 5.76 Å². The minimum atomic E-state index is -0.683. The highest BCUT2D eigenvalue weighted by atomic mass is 16.5. The van der Waals surface area contributed by atoms with Crippen LogP contribution in [0.5, 0.6) is 11.5 Å². The Balaban J connectivity index is 1.71. The van der Waals surface area contributed by atoms with Crippen LogP contribution in [0.15, 0.2) is 84.4 Å². The quantitative estimate of drug-likeness (QED) is 0.333. The largest absolute Gasteiger partial charge is 0.507 e. The fraction of sp³-hybridized carbons (Fsp3) is 0.185. The van der Waals surface area contributed by atoms with Crippen LogP contribution in [0, 0.1) is 0 Å². The summed E-state index contributed by atoms with van der Waals surface area (Å²) in [5.41, 5.74) is 2.30. The molecule has 0 aromatic heterocycles. The normalized spacial score (nSPS) is 17.3. The van der Waals surface area contributed by atoms with Crippen molar-refractivity contribution in [1.29, 1.82) is 0 Å². The lowest BCUT2D eigenvalue weighted by Crippen LogP contribution is -2.31. The average molecular weight is 443 g/mol. The molecule has 1 amide bonds. The molecule has 3 aromatic carbocycles. The maximum Gasteiger partial charge on any atom is 0.295 e. The first-order valence-corrected chi connectivity index (χ1v) is 10.6. The summed E-state index contributed by atoms with van der Waals surface area (Å²) in [5.74, 6) is -0.259. The predicted molar refractivity (Wildman–Crippen MR) is 125 cm³/mol. The van der Waals surface area contributed by atoms with Crippen LogP contribution in [-0.2, 0) is 16.0 Å². The highest BCUT2D eigenvalue weighted by Gasteiger charge is 2.45. The van der Waals surface area contributed by atoms with E-state index in [1.807, 2.05) is 54.6 Å². The van der Waals surface area contributed by atoms with Gasteiger partial charge in [0.05, 0.1) is 25.8 Å². The van der Waals surface area contributed by atoms with Crippen LogP contribution in [0.1, 0.15) is 22.7 Å². The first-order valence-electron chi connectivity index (χ1n) is 10.6. The molecule has 0 radical (unpaired) electrons. The Bertz CT molecular complexity index is 1190. The lowest BCUT2D eigenvalue weighted by molar-refractivity contribution is -0.139. The molecule has 1 aliphatic rings. The van der Waals surface area contributed by atoms with Gasteiger partial charge in [0.1, 0.15) is 5.76 Å². The molecule has 0 spiro atoms. The van der Waals surface area contributed by atoms with E-state index in [0.29, 0.717) is 30.0 Å². The molecule has 0 aliphatic carbocycles. The monoisotopic (exact) mass is 443 g/mol. The van der Waals surface area contributed by atoms with Crippen LogP contribution < -0.4 is 9.47 Å². The summed E-state index contributed by atoms with van der Waals surface area (Å²) in [4.78, 5) is 27.7. The molecule has 0 saturated carbocycles. The van der Waals surface area contributed by atoms with Gasteiger partial charge in [-0.15, -0.1) is 0 Å². The van der Waals surface area contributed by atoms with Crippen LogP contribution in [0.2, 0.25) is 0 Å². The minimum Gasteiger partial charge on any atom is -0.507 e. The van der Waals surface area contributed by atoms with Crippen LogP contribution in [0.4, 0.5) is 0 Å². The molecular formula is C27H25NO5. The highest BCUT2D eigenvalue weighted by molar-refractivity contribution is 6.46. The van der Waals surface area contributed by atoms with Crippen molar-refractivity contribution in [3.8, 4) is 11.5 Å². The van der Waals surface area contributed by atoms with E-state index in [0.717, 1.165) is 11.1 Å². The molecule has 168 valence electrons. The second-order valence-electron chi connectivity index (χ2n) is 7.71. The third-order valence-electron chi connectivity index (χ3n) is 5.79. The van der Waals surface area contributed by atoms with E-state index in [1.54, 1.807) is 38.5 Å². The molecule has 6 nitrogen and oxygen atoms in total. The number of benzene rings is 3. The van der Waals surface area contributed by atoms with Gasteiger partial charge in [-0.1, -0.05) is 66.7 Å². The zero-order valence-electron chi connectivity index (χ0n) is 18.5. The van der Waals surface area contributed by atoms with E-state index < -0.39 is 17.7 Å². The smallest absolute Gasteiger partial charge is 0.295 e. The maximum atomic E-state index is 13.1. The number of methoxy groups -OCH3 is 2. The van der Waals surface area contributed by atoms with Crippen molar-refractivity contribution in [2.24, 2.45) is 0 Å². The van der Waals surface area contributed by atoms with Crippen LogP contribution >= 0.6 is 0 Å². The van der Waals surface area contributed by atoms with Gasteiger partial charge in [0.15, 0.2) is 11.5 Å². The van der Waals surface area contributed by atoms with Gasteiger partial charge in [-0.3, -0.25) is 9.59 Å². The van der Waals surface area contributed by atoms with Crippen molar-refractivity contribution < 1.29 is 24.2 Å². The number of ketones is 1. The number of aliphatic hydroxyl groups is 1. The molecule has 1 saturated heterocycles. The van der Waals surface area contributed by atoms with Crippen molar-refractivity contribution in [1.82, 2.24) is 4.90 Å². The Hall–Kier alpha value is -4.06. The number of likely N-dealkylation sites (tertiary alicyclic amines) is 1. The van der Waals surface area contributed by atoms with Gasteiger partial charge in [0.25, 0.3) is 11.7 Å². The Labute approximate surface area is 192 Å². The zero-order chi connectivity index (χ0) is 23.4. The van der Waals surface area contributed by atoms with Crippen molar-refractivity contribution >= 4 is 17.4 Å². The van der Waals surface area contributed by atoms with Gasteiger partial charge < -0.3 is 19.5 Å². The predicted octanol–water partition coefficient (Wildman–Crippen LogP) is 4.37. The minimum absolute atomic E-state index is 0.102. The lowest BCUT2D eigenvalue weighted by atomic mass is 9.95. The van der Waals surface area contributed by atoms with Crippen molar-refractivity contribution in [2.45, 2.75) is 12.5 Å². The van der Waals surface area contributed by atoms with E-state index >= 15 is 0 Å². The number of carbonyl (C=O) groups excluding carboxylic acids is 2. The first-order chi connectivity index (χ1) is 16.0. The number of nitrogens with zero attached hydrogens (tertiary/aromatic N) is 1. The van der Waals surface area contributed by atoms with Gasteiger partial charge >= 0.3 is 0 Å². The van der Waals surface area contributed by atoms with Gasteiger partial charge in [0.2, 0.25) is 0 Å². The van der Waals surface area contributed by atoms with E-state index in [1.165, 1.54) is 4.90 Å². The molecule has 6 heteroatoms. The second kappa shape index (κ2) is 9.61. The van der Waals surface area contributed by atoms with E-state index in [2.05, 4.69) is 0 Å². The lowest BCUT2D eigenvalue weighted by Gasteiger charge is -2.25. The SMILES string of the molecule is COc1ccc(CCN2C(=O)C(=O)/C(=C(/O)c3ccccc3)C2c2ccccc2)cc1OC. The Morgan fingerprint density at radius 2 is 1.52 bits per heavy atom. The molecule has 1 heterocycles. The summed E-state index contributed by atoms with van der Waals surface area (Å²) in [6, 6.07) is 23.0. The number of amides is 1. The van der Waals surface area contributed by atoms with Crippen LogP contribution in [-0.4, -0.2) is 42.5 Å².